The van der Waals surface area contributed by atoms with E-state index in [0.717, 1.165) is 42.5 Å². The first-order valence-electron chi connectivity index (χ1n) is 7.42. The molecular formula is C16H23N3O. The number of aromatic amines is 1. The number of aromatic nitrogens is 2. The summed E-state index contributed by atoms with van der Waals surface area (Å²) in [5.41, 5.74) is 2.08. The maximum absolute atomic E-state index is 11.8. The monoisotopic (exact) mass is 273 g/mol. The van der Waals surface area contributed by atoms with Gasteiger partial charge in [0, 0.05) is 18.9 Å². The fourth-order valence-corrected chi connectivity index (χ4v) is 2.33. The number of H-pyrrole nitrogens is 1. The number of nitrogens with zero attached hydrogens (tertiary/aromatic N) is 1. The minimum absolute atomic E-state index is 0.117. The van der Waals surface area contributed by atoms with Gasteiger partial charge in [0.2, 0.25) is 5.91 Å². The Morgan fingerprint density at radius 1 is 1.40 bits per heavy atom. The normalized spacial score (nSPS) is 12.5. The summed E-state index contributed by atoms with van der Waals surface area (Å²) < 4.78 is 0. The summed E-state index contributed by atoms with van der Waals surface area (Å²) >= 11 is 0. The molecule has 0 saturated heterocycles. The fraction of sp³-hybridized carbons (Fsp3) is 0.500. The van der Waals surface area contributed by atoms with Crippen molar-refractivity contribution >= 4 is 16.9 Å². The standard InChI is InChI=1S/C16H23N3O/c1-3-7-12(2)16(20)17-11-6-10-15-18-13-8-4-5-9-14(13)19-15/h4-5,8-9,12H,3,6-7,10-11H2,1-2H3,(H,17,20)(H,18,19). The van der Waals surface area contributed by atoms with Gasteiger partial charge in [0.1, 0.15) is 5.82 Å². The summed E-state index contributed by atoms with van der Waals surface area (Å²) in [6.07, 6.45) is 3.77. The maximum Gasteiger partial charge on any atom is 0.222 e. The van der Waals surface area contributed by atoms with E-state index in [9.17, 15) is 4.79 Å². The minimum atomic E-state index is 0.117. The molecule has 0 radical (unpaired) electrons. The summed E-state index contributed by atoms with van der Waals surface area (Å²) in [5.74, 6) is 1.27. The Morgan fingerprint density at radius 2 is 2.20 bits per heavy atom. The lowest BCUT2D eigenvalue weighted by Gasteiger charge is -2.10. The van der Waals surface area contributed by atoms with Gasteiger partial charge < -0.3 is 10.3 Å². The van der Waals surface area contributed by atoms with Gasteiger partial charge in [-0.1, -0.05) is 32.4 Å². The van der Waals surface area contributed by atoms with Gasteiger partial charge in [-0.05, 0) is 25.0 Å². The second-order valence-electron chi connectivity index (χ2n) is 5.28. The van der Waals surface area contributed by atoms with Crippen LogP contribution in [0.4, 0.5) is 0 Å². The zero-order valence-corrected chi connectivity index (χ0v) is 12.3. The Labute approximate surface area is 120 Å². The highest BCUT2D eigenvalue weighted by atomic mass is 16.1. The van der Waals surface area contributed by atoms with Crippen molar-refractivity contribution in [3.8, 4) is 0 Å². The Morgan fingerprint density at radius 3 is 2.95 bits per heavy atom. The van der Waals surface area contributed by atoms with Crippen LogP contribution in [-0.4, -0.2) is 22.4 Å². The van der Waals surface area contributed by atoms with Crippen LogP contribution in [0.5, 0.6) is 0 Å². The van der Waals surface area contributed by atoms with Gasteiger partial charge >= 0.3 is 0 Å². The Kier molecular flexibility index (Phi) is 5.16. The predicted molar refractivity (Wildman–Crippen MR) is 81.5 cm³/mol. The van der Waals surface area contributed by atoms with Crippen molar-refractivity contribution in [2.75, 3.05) is 6.54 Å². The molecule has 0 bridgehead atoms. The van der Waals surface area contributed by atoms with Crippen LogP contribution in [0.1, 0.15) is 38.9 Å². The SMILES string of the molecule is CCCC(C)C(=O)NCCCc1nc2ccccc2[nH]1. The average molecular weight is 273 g/mol. The molecule has 1 unspecified atom stereocenters. The molecule has 0 aliphatic carbocycles. The number of carbonyl (C=O) groups excluding carboxylic acids is 1. The molecule has 1 atom stereocenters. The molecule has 0 fully saturated rings. The third kappa shape index (κ3) is 3.83. The van der Waals surface area contributed by atoms with Crippen LogP contribution >= 0.6 is 0 Å². The smallest absolute Gasteiger partial charge is 0.222 e. The van der Waals surface area contributed by atoms with Crippen LogP contribution in [0.2, 0.25) is 0 Å². The molecular weight excluding hydrogens is 250 g/mol. The largest absolute Gasteiger partial charge is 0.356 e. The number of carbonyl (C=O) groups is 1. The number of para-hydroxylation sites is 2. The quantitative estimate of drug-likeness (QED) is 0.762. The molecule has 108 valence electrons. The van der Waals surface area contributed by atoms with Crippen molar-refractivity contribution in [3.63, 3.8) is 0 Å². The number of hydrogen-bond acceptors (Lipinski definition) is 2. The molecule has 4 heteroatoms. The van der Waals surface area contributed by atoms with E-state index < -0.39 is 0 Å². The number of benzene rings is 1. The van der Waals surface area contributed by atoms with E-state index in [1.165, 1.54) is 0 Å². The number of rotatable bonds is 7. The van der Waals surface area contributed by atoms with E-state index in [4.69, 9.17) is 0 Å². The number of imidazole rings is 1. The number of amides is 1. The average Bonchev–Trinajstić information content (AvgIpc) is 2.86. The van der Waals surface area contributed by atoms with E-state index in [2.05, 4.69) is 22.2 Å². The summed E-state index contributed by atoms with van der Waals surface area (Å²) in [6.45, 7) is 4.80. The van der Waals surface area contributed by atoms with E-state index in [1.54, 1.807) is 0 Å². The molecule has 1 aromatic heterocycles. The van der Waals surface area contributed by atoms with Gasteiger partial charge in [-0.15, -0.1) is 0 Å². The van der Waals surface area contributed by atoms with E-state index in [-0.39, 0.29) is 11.8 Å². The van der Waals surface area contributed by atoms with Crippen molar-refractivity contribution < 1.29 is 4.79 Å². The zero-order chi connectivity index (χ0) is 14.4. The highest BCUT2D eigenvalue weighted by Gasteiger charge is 2.10. The zero-order valence-electron chi connectivity index (χ0n) is 12.3. The first kappa shape index (κ1) is 14.6. The van der Waals surface area contributed by atoms with E-state index in [0.29, 0.717) is 6.54 Å². The number of fused-ring (bicyclic) bond motifs is 1. The molecule has 1 aromatic carbocycles. The lowest BCUT2D eigenvalue weighted by atomic mass is 10.1. The van der Waals surface area contributed by atoms with Gasteiger partial charge in [-0.25, -0.2) is 4.98 Å². The highest BCUT2D eigenvalue weighted by Crippen LogP contribution is 2.11. The summed E-state index contributed by atoms with van der Waals surface area (Å²) in [5, 5.41) is 2.99. The molecule has 0 spiro atoms. The van der Waals surface area contributed by atoms with Crippen LogP contribution in [0.15, 0.2) is 24.3 Å². The minimum Gasteiger partial charge on any atom is -0.356 e. The summed E-state index contributed by atoms with van der Waals surface area (Å²) in [4.78, 5) is 19.6. The van der Waals surface area contributed by atoms with Crippen LogP contribution in [0.3, 0.4) is 0 Å². The number of hydrogen-bond donors (Lipinski definition) is 2. The van der Waals surface area contributed by atoms with Crippen molar-refractivity contribution in [1.82, 2.24) is 15.3 Å². The topological polar surface area (TPSA) is 57.8 Å². The maximum atomic E-state index is 11.8. The molecule has 2 rings (SSSR count). The van der Waals surface area contributed by atoms with Crippen LogP contribution in [0.25, 0.3) is 11.0 Å². The van der Waals surface area contributed by atoms with Crippen LogP contribution in [-0.2, 0) is 11.2 Å². The first-order valence-corrected chi connectivity index (χ1v) is 7.42. The molecule has 0 aliphatic heterocycles. The second kappa shape index (κ2) is 7.08. The van der Waals surface area contributed by atoms with Crippen molar-refractivity contribution in [2.24, 2.45) is 5.92 Å². The lowest BCUT2D eigenvalue weighted by molar-refractivity contribution is -0.124. The second-order valence-corrected chi connectivity index (χ2v) is 5.28. The molecule has 1 amide bonds. The van der Waals surface area contributed by atoms with E-state index in [1.807, 2.05) is 31.2 Å². The van der Waals surface area contributed by atoms with Gasteiger partial charge in [0.25, 0.3) is 0 Å². The number of nitrogens with one attached hydrogen (secondary N) is 2. The van der Waals surface area contributed by atoms with Crippen molar-refractivity contribution in [1.29, 1.82) is 0 Å². The molecule has 20 heavy (non-hydrogen) atoms. The van der Waals surface area contributed by atoms with Crippen LogP contribution in [0, 0.1) is 5.92 Å². The van der Waals surface area contributed by atoms with Crippen molar-refractivity contribution in [2.45, 2.75) is 39.5 Å². The highest BCUT2D eigenvalue weighted by molar-refractivity contribution is 5.78. The summed E-state index contributed by atoms with van der Waals surface area (Å²) in [6, 6.07) is 8.02. The van der Waals surface area contributed by atoms with Gasteiger partial charge in [-0.2, -0.15) is 0 Å². The Bertz CT molecular complexity index is 529. The lowest BCUT2D eigenvalue weighted by Crippen LogP contribution is -2.30. The summed E-state index contributed by atoms with van der Waals surface area (Å²) in [7, 11) is 0. The molecule has 4 nitrogen and oxygen atoms in total. The molecule has 0 aliphatic rings. The third-order valence-electron chi connectivity index (χ3n) is 3.50. The van der Waals surface area contributed by atoms with Gasteiger partial charge in [0.05, 0.1) is 11.0 Å². The molecule has 0 saturated carbocycles. The van der Waals surface area contributed by atoms with Crippen LogP contribution < -0.4 is 5.32 Å². The Balaban J connectivity index is 1.74. The molecule has 2 N–H and O–H groups in total. The van der Waals surface area contributed by atoms with Gasteiger partial charge in [-0.3, -0.25) is 4.79 Å². The Hall–Kier alpha value is -1.84. The van der Waals surface area contributed by atoms with Gasteiger partial charge in [0.15, 0.2) is 0 Å². The van der Waals surface area contributed by atoms with Crippen molar-refractivity contribution in [3.05, 3.63) is 30.1 Å². The molecule has 1 heterocycles. The van der Waals surface area contributed by atoms with E-state index >= 15 is 0 Å². The molecule has 2 aromatic rings. The fourth-order valence-electron chi connectivity index (χ4n) is 2.33. The third-order valence-corrected chi connectivity index (χ3v) is 3.50. The number of aryl methyl sites for hydroxylation is 1. The first-order chi connectivity index (χ1) is 9.70. The predicted octanol–water partition coefficient (Wildman–Crippen LogP) is 3.05.